The molecule has 5 rings (SSSR count). The zero-order chi connectivity index (χ0) is 21.2. The second-order valence-electron chi connectivity index (χ2n) is 7.59. The number of anilines is 1. The Labute approximate surface area is 184 Å². The van der Waals surface area contributed by atoms with Crippen LogP contribution >= 0.6 is 11.8 Å². The Balaban J connectivity index is 1.38. The van der Waals surface area contributed by atoms with E-state index in [1.165, 1.54) is 12.5 Å². The molecule has 2 heterocycles. The minimum atomic E-state index is -0.0866. The van der Waals surface area contributed by atoms with E-state index in [0.717, 1.165) is 46.6 Å². The molecule has 7 nitrogen and oxygen atoms in total. The van der Waals surface area contributed by atoms with E-state index in [4.69, 9.17) is 0 Å². The molecule has 1 amide bonds. The van der Waals surface area contributed by atoms with Crippen LogP contribution in [-0.2, 0) is 10.5 Å². The fraction of sp³-hybridized carbons (Fsp3) is 0.217. The zero-order valence-corrected chi connectivity index (χ0v) is 17.9. The smallest absolute Gasteiger partial charge is 0.221 e. The largest absolute Gasteiger partial charge is 0.326 e. The summed E-state index contributed by atoms with van der Waals surface area (Å²) >= 11 is 1.66. The molecular weight excluding hydrogens is 408 g/mol. The number of benzene rings is 2. The van der Waals surface area contributed by atoms with Gasteiger partial charge in [0.2, 0.25) is 5.91 Å². The predicted octanol–water partition coefficient (Wildman–Crippen LogP) is 4.58. The van der Waals surface area contributed by atoms with Gasteiger partial charge < -0.3 is 5.32 Å². The Morgan fingerprint density at radius 2 is 1.94 bits per heavy atom. The molecule has 8 heteroatoms. The number of carbonyl (C=O) groups excluding carboxylic acids is 1. The summed E-state index contributed by atoms with van der Waals surface area (Å²) in [6.45, 7) is 1.51. The fourth-order valence-electron chi connectivity index (χ4n) is 3.46. The van der Waals surface area contributed by atoms with Crippen LogP contribution in [0.15, 0.2) is 72.1 Å². The molecule has 1 N–H and O–H groups in total. The standard InChI is InChI=1S/C23H22N6OS/c1-16(30)25-19-4-2-5-21(14-19)29-22(18-8-9-18)26-27-23(29)31-15-17-6-10-20(11-7-17)28-13-3-12-24-28/h2-7,10-14,18H,8-9,15H2,1H3,(H,25,30). The van der Waals surface area contributed by atoms with Gasteiger partial charge in [-0.15, -0.1) is 10.2 Å². The molecule has 31 heavy (non-hydrogen) atoms. The topological polar surface area (TPSA) is 77.6 Å². The summed E-state index contributed by atoms with van der Waals surface area (Å²) in [4.78, 5) is 11.5. The molecular formula is C23H22N6OS. The first-order chi connectivity index (χ1) is 15.2. The molecule has 1 aliphatic rings. The first-order valence-corrected chi connectivity index (χ1v) is 11.2. The number of aromatic nitrogens is 5. The van der Waals surface area contributed by atoms with Gasteiger partial charge in [0.1, 0.15) is 5.82 Å². The first-order valence-electron chi connectivity index (χ1n) is 10.2. The Morgan fingerprint density at radius 3 is 2.65 bits per heavy atom. The second-order valence-corrected chi connectivity index (χ2v) is 8.53. The van der Waals surface area contributed by atoms with Crippen molar-refractivity contribution in [2.45, 2.75) is 36.6 Å². The monoisotopic (exact) mass is 430 g/mol. The van der Waals surface area contributed by atoms with Crippen LogP contribution in [0.25, 0.3) is 11.4 Å². The number of nitrogens with one attached hydrogen (secondary N) is 1. The highest BCUT2D eigenvalue weighted by Gasteiger charge is 2.31. The van der Waals surface area contributed by atoms with Crippen molar-refractivity contribution in [3.8, 4) is 11.4 Å². The lowest BCUT2D eigenvalue weighted by Crippen LogP contribution is -2.07. The molecule has 2 aromatic heterocycles. The van der Waals surface area contributed by atoms with E-state index in [2.05, 4.69) is 49.4 Å². The van der Waals surface area contributed by atoms with Crippen LogP contribution in [0.4, 0.5) is 5.69 Å². The van der Waals surface area contributed by atoms with E-state index < -0.39 is 0 Å². The SMILES string of the molecule is CC(=O)Nc1cccc(-n2c(SCc3ccc(-n4cccn4)cc3)nnc2C2CC2)c1. The third kappa shape index (κ3) is 4.39. The van der Waals surface area contributed by atoms with Crippen LogP contribution in [0, 0.1) is 0 Å². The van der Waals surface area contributed by atoms with Crippen molar-refractivity contribution in [3.05, 3.63) is 78.4 Å². The van der Waals surface area contributed by atoms with Crippen LogP contribution in [-0.4, -0.2) is 30.5 Å². The van der Waals surface area contributed by atoms with E-state index in [1.807, 2.05) is 41.2 Å². The summed E-state index contributed by atoms with van der Waals surface area (Å²) in [6.07, 6.45) is 5.99. The molecule has 0 saturated heterocycles. The molecule has 0 atom stereocenters. The van der Waals surface area contributed by atoms with Crippen molar-refractivity contribution in [1.82, 2.24) is 24.5 Å². The molecule has 0 bridgehead atoms. The number of hydrogen-bond donors (Lipinski definition) is 1. The maximum atomic E-state index is 11.5. The summed E-state index contributed by atoms with van der Waals surface area (Å²) < 4.78 is 3.98. The van der Waals surface area contributed by atoms with Crippen LogP contribution in [0.1, 0.15) is 37.1 Å². The maximum Gasteiger partial charge on any atom is 0.221 e. The second kappa shape index (κ2) is 8.39. The van der Waals surface area contributed by atoms with Gasteiger partial charge in [-0.3, -0.25) is 9.36 Å². The van der Waals surface area contributed by atoms with Crippen molar-refractivity contribution in [1.29, 1.82) is 0 Å². The highest BCUT2D eigenvalue weighted by molar-refractivity contribution is 7.98. The van der Waals surface area contributed by atoms with Crippen molar-refractivity contribution in [2.75, 3.05) is 5.32 Å². The van der Waals surface area contributed by atoms with E-state index in [-0.39, 0.29) is 5.91 Å². The van der Waals surface area contributed by atoms with Gasteiger partial charge in [-0.05, 0) is 54.8 Å². The summed E-state index contributed by atoms with van der Waals surface area (Å²) in [5.41, 5.74) is 3.98. The number of nitrogens with zero attached hydrogens (tertiary/aromatic N) is 5. The van der Waals surface area contributed by atoms with Crippen LogP contribution in [0.5, 0.6) is 0 Å². The van der Waals surface area contributed by atoms with E-state index >= 15 is 0 Å². The van der Waals surface area contributed by atoms with Gasteiger partial charge in [0.05, 0.1) is 11.4 Å². The summed E-state index contributed by atoms with van der Waals surface area (Å²) in [5, 5.41) is 17.0. The Bertz CT molecular complexity index is 1200. The van der Waals surface area contributed by atoms with Crippen molar-refractivity contribution < 1.29 is 4.79 Å². The first kappa shape index (κ1) is 19.6. The van der Waals surface area contributed by atoms with Gasteiger partial charge in [-0.2, -0.15) is 5.10 Å². The highest BCUT2D eigenvalue weighted by atomic mass is 32.2. The average Bonchev–Trinajstić information content (AvgIpc) is 3.30. The highest BCUT2D eigenvalue weighted by Crippen LogP contribution is 2.41. The van der Waals surface area contributed by atoms with Gasteiger partial charge in [0, 0.05) is 36.7 Å². The summed E-state index contributed by atoms with van der Waals surface area (Å²) in [7, 11) is 0. The third-order valence-electron chi connectivity index (χ3n) is 5.10. The molecule has 4 aromatic rings. The minimum absolute atomic E-state index is 0.0866. The number of hydrogen-bond acceptors (Lipinski definition) is 5. The van der Waals surface area contributed by atoms with Gasteiger partial charge in [0.25, 0.3) is 0 Å². The fourth-order valence-corrected chi connectivity index (χ4v) is 4.38. The normalized spacial score (nSPS) is 13.3. The predicted molar refractivity (Wildman–Crippen MR) is 121 cm³/mol. The third-order valence-corrected chi connectivity index (χ3v) is 6.10. The average molecular weight is 431 g/mol. The van der Waals surface area contributed by atoms with Gasteiger partial charge >= 0.3 is 0 Å². The zero-order valence-electron chi connectivity index (χ0n) is 17.1. The molecule has 1 fully saturated rings. The number of amides is 1. The van der Waals surface area contributed by atoms with Gasteiger partial charge in [-0.1, -0.05) is 30.0 Å². The Morgan fingerprint density at radius 1 is 1.10 bits per heavy atom. The molecule has 0 radical (unpaired) electrons. The van der Waals surface area contributed by atoms with Gasteiger partial charge in [0.15, 0.2) is 5.16 Å². The maximum absolute atomic E-state index is 11.5. The van der Waals surface area contributed by atoms with E-state index in [0.29, 0.717) is 5.92 Å². The van der Waals surface area contributed by atoms with E-state index in [9.17, 15) is 4.79 Å². The Hall–Kier alpha value is -3.39. The molecule has 156 valence electrons. The molecule has 1 saturated carbocycles. The quantitative estimate of drug-likeness (QED) is 0.434. The number of thioether (sulfide) groups is 1. The minimum Gasteiger partial charge on any atom is -0.326 e. The molecule has 1 aliphatic carbocycles. The van der Waals surface area contributed by atoms with Crippen molar-refractivity contribution in [3.63, 3.8) is 0 Å². The Kier molecular flexibility index (Phi) is 5.30. The van der Waals surface area contributed by atoms with Crippen LogP contribution < -0.4 is 5.32 Å². The molecule has 2 aromatic carbocycles. The number of carbonyl (C=O) groups is 1. The summed E-state index contributed by atoms with van der Waals surface area (Å²) in [6, 6.07) is 18.1. The van der Waals surface area contributed by atoms with Crippen molar-refractivity contribution in [2.24, 2.45) is 0 Å². The summed E-state index contributed by atoms with van der Waals surface area (Å²) in [5.74, 6) is 2.15. The van der Waals surface area contributed by atoms with Crippen LogP contribution in [0.3, 0.4) is 0 Å². The van der Waals surface area contributed by atoms with Gasteiger partial charge in [-0.25, -0.2) is 4.68 Å². The van der Waals surface area contributed by atoms with E-state index in [1.54, 1.807) is 18.0 Å². The lowest BCUT2D eigenvalue weighted by molar-refractivity contribution is -0.114. The van der Waals surface area contributed by atoms with Crippen LogP contribution in [0.2, 0.25) is 0 Å². The molecule has 0 unspecified atom stereocenters. The molecule has 0 spiro atoms. The lowest BCUT2D eigenvalue weighted by atomic mass is 10.2. The lowest BCUT2D eigenvalue weighted by Gasteiger charge is -2.12. The number of rotatable bonds is 7. The van der Waals surface area contributed by atoms with Crippen molar-refractivity contribution >= 4 is 23.4 Å². The molecule has 0 aliphatic heterocycles.